The minimum absolute atomic E-state index is 0.121. The van der Waals surface area contributed by atoms with Gasteiger partial charge >= 0.3 is 6.18 Å². The van der Waals surface area contributed by atoms with Crippen LogP contribution >= 0.6 is 0 Å². The highest BCUT2D eigenvalue weighted by molar-refractivity contribution is 5.77. The molecule has 0 saturated carbocycles. The Kier molecular flexibility index (Phi) is 5.17. The van der Waals surface area contributed by atoms with Gasteiger partial charge in [-0.15, -0.1) is 0 Å². The van der Waals surface area contributed by atoms with Gasteiger partial charge in [0.15, 0.2) is 6.61 Å². The quantitative estimate of drug-likeness (QED) is 0.861. The minimum Gasteiger partial charge on any atom is -0.484 e. The van der Waals surface area contributed by atoms with Gasteiger partial charge in [-0.1, -0.05) is 12.1 Å². The summed E-state index contributed by atoms with van der Waals surface area (Å²) in [5.74, 6) is -0.430. The lowest BCUT2D eigenvalue weighted by Crippen LogP contribution is -2.36. The van der Waals surface area contributed by atoms with Gasteiger partial charge in [0.05, 0.1) is 0 Å². The number of carbonyl (C=O) groups is 1. The summed E-state index contributed by atoms with van der Waals surface area (Å²) in [5, 5.41) is 1.71. The van der Waals surface area contributed by atoms with Gasteiger partial charge in [0.1, 0.15) is 12.3 Å². The van der Waals surface area contributed by atoms with Crippen molar-refractivity contribution in [2.75, 3.05) is 13.2 Å². The highest BCUT2D eigenvalue weighted by Crippen LogP contribution is 2.16. The lowest BCUT2D eigenvalue weighted by molar-refractivity contribution is -0.139. The molecule has 19 heavy (non-hydrogen) atoms. The predicted octanol–water partition coefficient (Wildman–Crippen LogP) is 1.76. The Morgan fingerprint density at radius 2 is 1.95 bits per heavy atom. The maximum atomic E-state index is 11.8. The Morgan fingerprint density at radius 1 is 1.37 bits per heavy atom. The molecule has 1 atom stereocenters. The van der Waals surface area contributed by atoms with Gasteiger partial charge in [0.25, 0.3) is 5.91 Å². The zero-order chi connectivity index (χ0) is 14.5. The Balaban J connectivity index is 2.38. The van der Waals surface area contributed by atoms with E-state index < -0.39 is 25.2 Å². The average Bonchev–Trinajstić information content (AvgIpc) is 2.33. The van der Waals surface area contributed by atoms with Crippen molar-refractivity contribution in [1.29, 1.82) is 0 Å². The van der Waals surface area contributed by atoms with Gasteiger partial charge in [-0.05, 0) is 24.6 Å². The van der Waals surface area contributed by atoms with Crippen molar-refractivity contribution in [1.82, 2.24) is 5.32 Å². The first-order valence-electron chi connectivity index (χ1n) is 5.60. The highest BCUT2D eigenvalue weighted by atomic mass is 19.4. The number of amides is 1. The standard InChI is InChI=1S/C12H15F3N2O2/c1-8(16)9-2-4-10(5-3-9)19-6-11(18)17-7-12(13,14)15/h2-5,8H,6-7,16H2,1H3,(H,17,18). The number of alkyl halides is 3. The molecule has 0 aliphatic carbocycles. The number of hydrogen-bond acceptors (Lipinski definition) is 3. The first kappa shape index (κ1) is 15.3. The lowest BCUT2D eigenvalue weighted by atomic mass is 10.1. The van der Waals surface area contributed by atoms with E-state index in [1.54, 1.807) is 29.6 Å². The molecule has 0 spiro atoms. The molecule has 0 aromatic heterocycles. The Hall–Kier alpha value is -1.76. The number of hydrogen-bond donors (Lipinski definition) is 2. The second kappa shape index (κ2) is 6.42. The van der Waals surface area contributed by atoms with E-state index in [9.17, 15) is 18.0 Å². The molecule has 0 aliphatic rings. The van der Waals surface area contributed by atoms with Crippen LogP contribution in [-0.4, -0.2) is 25.2 Å². The Morgan fingerprint density at radius 3 is 2.42 bits per heavy atom. The number of halogens is 3. The Labute approximate surface area is 108 Å². The van der Waals surface area contributed by atoms with E-state index in [-0.39, 0.29) is 6.04 Å². The zero-order valence-corrected chi connectivity index (χ0v) is 10.3. The van der Waals surface area contributed by atoms with Crippen LogP contribution in [0.4, 0.5) is 13.2 Å². The number of carbonyl (C=O) groups excluding carboxylic acids is 1. The molecule has 0 heterocycles. The van der Waals surface area contributed by atoms with Crippen molar-refractivity contribution in [2.45, 2.75) is 19.1 Å². The molecule has 1 rings (SSSR count). The number of rotatable bonds is 5. The normalized spacial score (nSPS) is 12.9. The zero-order valence-electron chi connectivity index (χ0n) is 10.3. The molecule has 0 bridgehead atoms. The van der Waals surface area contributed by atoms with Crippen LogP contribution in [0, 0.1) is 0 Å². The minimum atomic E-state index is -4.42. The number of nitrogens with two attached hydrogens (primary N) is 1. The van der Waals surface area contributed by atoms with Crippen LogP contribution < -0.4 is 15.8 Å². The summed E-state index contributed by atoms with van der Waals surface area (Å²) in [6, 6.07) is 6.55. The molecule has 1 unspecified atom stereocenters. The molecule has 1 aromatic carbocycles. The van der Waals surface area contributed by atoms with E-state index in [0.29, 0.717) is 5.75 Å². The second-order valence-corrected chi connectivity index (χ2v) is 4.04. The molecule has 3 N–H and O–H groups in total. The molecule has 0 saturated heterocycles. The maximum Gasteiger partial charge on any atom is 0.405 e. The topological polar surface area (TPSA) is 64.3 Å². The molecule has 1 aromatic rings. The molecule has 0 aliphatic heterocycles. The molecule has 0 radical (unpaired) electrons. The Bertz CT molecular complexity index is 416. The van der Waals surface area contributed by atoms with Crippen molar-refractivity contribution in [3.8, 4) is 5.75 Å². The third-order valence-corrected chi connectivity index (χ3v) is 2.26. The van der Waals surface area contributed by atoms with Gasteiger partial charge in [-0.2, -0.15) is 13.2 Å². The van der Waals surface area contributed by atoms with E-state index >= 15 is 0 Å². The fourth-order valence-electron chi connectivity index (χ4n) is 1.27. The van der Waals surface area contributed by atoms with Gasteiger partial charge in [-0.25, -0.2) is 0 Å². The van der Waals surface area contributed by atoms with Crippen molar-refractivity contribution >= 4 is 5.91 Å². The van der Waals surface area contributed by atoms with Crippen LogP contribution in [0.3, 0.4) is 0 Å². The van der Waals surface area contributed by atoms with Crippen molar-refractivity contribution < 1.29 is 22.7 Å². The first-order valence-corrected chi connectivity index (χ1v) is 5.60. The maximum absolute atomic E-state index is 11.8. The van der Waals surface area contributed by atoms with Crippen LogP contribution in [0.2, 0.25) is 0 Å². The monoisotopic (exact) mass is 276 g/mol. The summed E-state index contributed by atoms with van der Waals surface area (Å²) in [5.41, 5.74) is 6.55. The molecular formula is C12H15F3N2O2. The first-order chi connectivity index (χ1) is 8.78. The SMILES string of the molecule is CC(N)c1ccc(OCC(=O)NCC(F)(F)F)cc1. The van der Waals surface area contributed by atoms with Crippen LogP contribution in [-0.2, 0) is 4.79 Å². The summed E-state index contributed by atoms with van der Waals surface area (Å²) in [6.45, 7) is -0.00707. The summed E-state index contributed by atoms with van der Waals surface area (Å²) in [6.07, 6.45) is -4.42. The predicted molar refractivity (Wildman–Crippen MR) is 63.6 cm³/mol. The summed E-state index contributed by atoms with van der Waals surface area (Å²) in [4.78, 5) is 11.1. The summed E-state index contributed by atoms with van der Waals surface area (Å²) < 4.78 is 40.5. The summed E-state index contributed by atoms with van der Waals surface area (Å²) in [7, 11) is 0. The number of nitrogens with one attached hydrogen (secondary N) is 1. The molecule has 0 fully saturated rings. The molecule has 7 heteroatoms. The van der Waals surface area contributed by atoms with E-state index in [0.717, 1.165) is 5.56 Å². The third kappa shape index (κ3) is 6.10. The molecule has 1 amide bonds. The fourth-order valence-corrected chi connectivity index (χ4v) is 1.27. The van der Waals surface area contributed by atoms with E-state index in [1.165, 1.54) is 0 Å². The average molecular weight is 276 g/mol. The van der Waals surface area contributed by atoms with Crippen LogP contribution in [0.25, 0.3) is 0 Å². The molecule has 106 valence electrons. The van der Waals surface area contributed by atoms with E-state index in [2.05, 4.69) is 0 Å². The van der Waals surface area contributed by atoms with Crippen molar-refractivity contribution in [2.24, 2.45) is 5.73 Å². The van der Waals surface area contributed by atoms with Gasteiger partial charge in [0, 0.05) is 6.04 Å². The fraction of sp³-hybridized carbons (Fsp3) is 0.417. The number of ether oxygens (including phenoxy) is 1. The van der Waals surface area contributed by atoms with Crippen molar-refractivity contribution in [3.05, 3.63) is 29.8 Å². The number of benzene rings is 1. The van der Waals surface area contributed by atoms with Gasteiger partial charge < -0.3 is 15.8 Å². The van der Waals surface area contributed by atoms with Crippen LogP contribution in [0.1, 0.15) is 18.5 Å². The van der Waals surface area contributed by atoms with E-state index in [4.69, 9.17) is 10.5 Å². The van der Waals surface area contributed by atoms with Crippen LogP contribution in [0.15, 0.2) is 24.3 Å². The highest BCUT2D eigenvalue weighted by Gasteiger charge is 2.27. The second-order valence-electron chi connectivity index (χ2n) is 4.04. The molecule has 4 nitrogen and oxygen atoms in total. The van der Waals surface area contributed by atoms with E-state index in [1.807, 2.05) is 6.92 Å². The van der Waals surface area contributed by atoms with Crippen LogP contribution in [0.5, 0.6) is 5.75 Å². The molecular weight excluding hydrogens is 261 g/mol. The largest absolute Gasteiger partial charge is 0.484 e. The smallest absolute Gasteiger partial charge is 0.405 e. The van der Waals surface area contributed by atoms with Gasteiger partial charge in [0.2, 0.25) is 0 Å². The van der Waals surface area contributed by atoms with Gasteiger partial charge in [-0.3, -0.25) is 4.79 Å². The third-order valence-electron chi connectivity index (χ3n) is 2.26. The lowest BCUT2D eigenvalue weighted by Gasteiger charge is -2.10. The van der Waals surface area contributed by atoms with Crippen molar-refractivity contribution in [3.63, 3.8) is 0 Å². The summed E-state index contributed by atoms with van der Waals surface area (Å²) >= 11 is 0.